The normalized spacial score (nSPS) is 12.3. The van der Waals surface area contributed by atoms with Crippen molar-refractivity contribution in [3.8, 4) is 0 Å². The molecule has 0 aliphatic heterocycles. The van der Waals surface area contributed by atoms with Gasteiger partial charge in [-0.25, -0.2) is 4.79 Å². The van der Waals surface area contributed by atoms with Crippen LogP contribution in [0, 0.1) is 17.0 Å². The quantitative estimate of drug-likeness (QED) is 0.0850. The fourth-order valence-corrected chi connectivity index (χ4v) is 5.79. The van der Waals surface area contributed by atoms with E-state index >= 15 is 0 Å². The molecule has 0 aliphatic rings. The first kappa shape index (κ1) is 25.3. The molecule has 0 amide bonds. The van der Waals surface area contributed by atoms with E-state index in [1.54, 1.807) is 12.1 Å². The van der Waals surface area contributed by atoms with Crippen LogP contribution >= 0.6 is 0 Å². The molecule has 0 saturated carbocycles. The smallest absolute Gasteiger partial charge is 0.332 e. The van der Waals surface area contributed by atoms with Gasteiger partial charge in [0.05, 0.1) is 4.92 Å². The number of hydrogen-bond donors (Lipinski definition) is 0. The van der Waals surface area contributed by atoms with Gasteiger partial charge in [-0.2, -0.15) is 0 Å². The van der Waals surface area contributed by atoms with Gasteiger partial charge in [0.25, 0.3) is 5.69 Å². The average molecular weight is 502 g/mol. The van der Waals surface area contributed by atoms with E-state index in [0.29, 0.717) is 5.71 Å². The van der Waals surface area contributed by atoms with Crippen LogP contribution < -0.4 is 0 Å². The summed E-state index contributed by atoms with van der Waals surface area (Å²) in [5.74, 6) is -0.503. The summed E-state index contributed by atoms with van der Waals surface area (Å²) in [5, 5.41) is 17.5. The van der Waals surface area contributed by atoms with Crippen molar-refractivity contribution >= 4 is 47.2 Å². The van der Waals surface area contributed by atoms with Crippen LogP contribution in [0.1, 0.15) is 30.0 Å². The predicted molar refractivity (Wildman–Crippen MR) is 147 cm³/mol. The van der Waals surface area contributed by atoms with Crippen LogP contribution in [-0.4, -0.2) is 29.2 Å². The summed E-state index contributed by atoms with van der Waals surface area (Å²) in [6, 6.07) is 20.0. The lowest BCUT2D eigenvalue weighted by atomic mass is 9.97. The van der Waals surface area contributed by atoms with E-state index in [-0.39, 0.29) is 10.6 Å². The summed E-state index contributed by atoms with van der Waals surface area (Å²) in [7, 11) is -1.19. The molecule has 0 atom stereocenters. The fraction of sp³-hybridized carbons (Fsp3) is 0.286. The summed E-state index contributed by atoms with van der Waals surface area (Å²) in [6.45, 7) is 11.2. The van der Waals surface area contributed by atoms with Crippen molar-refractivity contribution in [3.05, 3.63) is 87.5 Å². The first-order valence-electron chi connectivity index (χ1n) is 12.1. The highest BCUT2D eigenvalue weighted by atomic mass is 28.3. The number of carbonyl (C=O) groups is 1. The third-order valence-electron chi connectivity index (χ3n) is 6.31. The van der Waals surface area contributed by atoms with E-state index < -0.39 is 14.0 Å². The maximum absolute atomic E-state index is 11.6. The van der Waals surface area contributed by atoms with Crippen LogP contribution in [0.2, 0.25) is 25.7 Å². The number of benzene rings is 3. The number of oxime groups is 1. The SMILES string of the molecule is CC(=O)ON=C(c1ccc2c(c1)c1cc([N+](=O)[O-])ccc1n2CCC[Si](C)(C)C)c1ccccc1C. The van der Waals surface area contributed by atoms with Crippen LogP contribution in [0.25, 0.3) is 21.8 Å². The Labute approximate surface area is 211 Å². The Morgan fingerprint density at radius 3 is 2.33 bits per heavy atom. The topological polar surface area (TPSA) is 86.7 Å². The zero-order valence-electron chi connectivity index (χ0n) is 21.4. The van der Waals surface area contributed by atoms with Crippen LogP contribution in [0.5, 0.6) is 0 Å². The first-order chi connectivity index (χ1) is 17.0. The second kappa shape index (κ2) is 10.1. The number of nitrogens with zero attached hydrogens (tertiary/aromatic N) is 3. The lowest BCUT2D eigenvalue weighted by molar-refractivity contribution is -0.384. The number of rotatable bonds is 8. The van der Waals surface area contributed by atoms with Crippen LogP contribution in [0.4, 0.5) is 5.69 Å². The van der Waals surface area contributed by atoms with Gasteiger partial charge >= 0.3 is 5.97 Å². The van der Waals surface area contributed by atoms with Crippen LogP contribution in [0.3, 0.4) is 0 Å². The number of hydrogen-bond acceptors (Lipinski definition) is 5. The maximum Gasteiger partial charge on any atom is 0.332 e. The molecule has 4 aromatic rings. The van der Waals surface area contributed by atoms with E-state index in [0.717, 1.165) is 51.5 Å². The van der Waals surface area contributed by atoms with Crippen LogP contribution in [-0.2, 0) is 16.2 Å². The summed E-state index contributed by atoms with van der Waals surface area (Å²) in [6.07, 6.45) is 1.05. The number of carbonyl (C=O) groups excluding carboxylic acids is 1. The number of non-ortho nitro benzene ring substituents is 1. The molecule has 0 bridgehead atoms. The predicted octanol–water partition coefficient (Wildman–Crippen LogP) is 7.05. The molecule has 0 radical (unpaired) electrons. The molecule has 0 spiro atoms. The monoisotopic (exact) mass is 501 g/mol. The second-order valence-corrected chi connectivity index (χ2v) is 16.0. The standard InChI is InChI=1S/C28H31N3O4Si/c1-19-9-6-7-10-23(19)28(29-35-20(2)32)21-11-13-26-24(17-21)25-18-22(31(33)34)12-14-27(25)30(26)15-8-16-36(3,4)5/h6-7,9-14,17-18H,8,15-16H2,1-5H3. The highest BCUT2D eigenvalue weighted by Gasteiger charge is 2.19. The first-order valence-corrected chi connectivity index (χ1v) is 15.8. The molecule has 36 heavy (non-hydrogen) atoms. The summed E-state index contributed by atoms with van der Waals surface area (Å²) in [4.78, 5) is 27.8. The molecule has 0 fully saturated rings. The number of nitro groups is 1. The zero-order valence-corrected chi connectivity index (χ0v) is 22.4. The minimum Gasteiger partial charge on any atom is -0.340 e. The molecule has 1 aromatic heterocycles. The van der Waals surface area contributed by atoms with Crippen LogP contribution in [0.15, 0.2) is 65.8 Å². The maximum atomic E-state index is 11.6. The van der Waals surface area contributed by atoms with Crippen molar-refractivity contribution in [3.63, 3.8) is 0 Å². The number of fused-ring (bicyclic) bond motifs is 3. The van der Waals surface area contributed by atoms with E-state index in [9.17, 15) is 14.9 Å². The molecule has 4 rings (SSSR count). The Morgan fingerprint density at radius 2 is 1.69 bits per heavy atom. The van der Waals surface area contributed by atoms with Gasteiger partial charge in [-0.3, -0.25) is 10.1 Å². The summed E-state index contributed by atoms with van der Waals surface area (Å²) in [5.41, 5.74) is 5.19. The Morgan fingerprint density at radius 1 is 1.03 bits per heavy atom. The van der Waals surface area contributed by atoms with Gasteiger partial charge in [0, 0.05) is 66.6 Å². The molecular weight excluding hydrogens is 470 g/mol. The average Bonchev–Trinajstić information content (AvgIpc) is 3.12. The van der Waals surface area contributed by atoms with Gasteiger partial charge in [0.15, 0.2) is 0 Å². The molecule has 0 aliphatic carbocycles. The molecule has 0 unspecified atom stereocenters. The van der Waals surface area contributed by atoms with Gasteiger partial charge in [-0.1, -0.05) is 61.2 Å². The van der Waals surface area contributed by atoms with Crippen molar-refractivity contribution in [1.82, 2.24) is 4.57 Å². The molecule has 8 heteroatoms. The third-order valence-corrected chi connectivity index (χ3v) is 8.16. The Bertz CT molecular complexity index is 1500. The molecule has 1 heterocycles. The summed E-state index contributed by atoms with van der Waals surface area (Å²) >= 11 is 0. The molecule has 3 aromatic carbocycles. The van der Waals surface area contributed by atoms with E-state index in [2.05, 4.69) is 29.4 Å². The van der Waals surface area contributed by atoms with Gasteiger partial charge in [-0.15, -0.1) is 0 Å². The zero-order chi connectivity index (χ0) is 26.0. The largest absolute Gasteiger partial charge is 0.340 e. The Kier molecular flexibility index (Phi) is 7.08. The van der Waals surface area contributed by atoms with Crippen molar-refractivity contribution in [2.45, 2.75) is 52.5 Å². The minimum atomic E-state index is -1.19. The molecule has 7 nitrogen and oxygen atoms in total. The Balaban J connectivity index is 1.91. The van der Waals surface area contributed by atoms with Crippen molar-refractivity contribution in [2.24, 2.45) is 5.16 Å². The molecule has 0 saturated heterocycles. The fourth-order valence-electron chi connectivity index (χ4n) is 4.57. The number of aryl methyl sites for hydroxylation is 2. The highest BCUT2D eigenvalue weighted by Crippen LogP contribution is 2.34. The Hall–Kier alpha value is -3.78. The third kappa shape index (κ3) is 5.38. The van der Waals surface area contributed by atoms with Gasteiger partial charge in [0.2, 0.25) is 0 Å². The number of aromatic nitrogens is 1. The van der Waals surface area contributed by atoms with Gasteiger partial charge in [-0.05, 0) is 37.1 Å². The van der Waals surface area contributed by atoms with E-state index in [4.69, 9.17) is 4.84 Å². The molecular formula is C28H31N3O4Si. The van der Waals surface area contributed by atoms with Gasteiger partial charge < -0.3 is 9.40 Å². The second-order valence-electron chi connectivity index (χ2n) is 10.3. The minimum absolute atomic E-state index is 0.0572. The van der Waals surface area contributed by atoms with Gasteiger partial charge in [0.1, 0.15) is 5.71 Å². The van der Waals surface area contributed by atoms with Crippen molar-refractivity contribution < 1.29 is 14.6 Å². The lowest BCUT2D eigenvalue weighted by Gasteiger charge is -2.16. The van der Waals surface area contributed by atoms with Crippen molar-refractivity contribution in [1.29, 1.82) is 0 Å². The van der Waals surface area contributed by atoms with E-state index in [1.807, 2.05) is 55.5 Å². The molecule has 186 valence electrons. The summed E-state index contributed by atoms with van der Waals surface area (Å²) < 4.78 is 2.26. The van der Waals surface area contributed by atoms with E-state index in [1.165, 1.54) is 13.0 Å². The van der Waals surface area contributed by atoms with Crippen molar-refractivity contribution in [2.75, 3.05) is 0 Å². The highest BCUT2D eigenvalue weighted by molar-refractivity contribution is 6.76. The molecule has 0 N–H and O–H groups in total. The lowest BCUT2D eigenvalue weighted by Crippen LogP contribution is -2.19. The number of nitro benzene ring substituents is 1.